The van der Waals surface area contributed by atoms with E-state index in [-0.39, 0.29) is 17.9 Å². The van der Waals surface area contributed by atoms with Crippen molar-refractivity contribution in [3.05, 3.63) is 16.8 Å². The monoisotopic (exact) mass is 272 g/mol. The maximum atomic E-state index is 12.1. The van der Waals surface area contributed by atoms with Gasteiger partial charge in [-0.1, -0.05) is 13.8 Å². The number of anilines is 1. The molecule has 0 saturated heterocycles. The Morgan fingerprint density at radius 1 is 1.21 bits per heavy atom. The number of hydrogen-bond donors (Lipinski definition) is 1. The molecule has 0 aliphatic heterocycles. The van der Waals surface area contributed by atoms with Gasteiger partial charge in [-0.15, -0.1) is 5.10 Å². The number of halogens is 3. The van der Waals surface area contributed by atoms with Gasteiger partial charge in [-0.2, -0.15) is 23.5 Å². The predicted molar refractivity (Wildman–Crippen MR) is 64.7 cm³/mol. The van der Waals surface area contributed by atoms with Crippen LogP contribution in [0.1, 0.15) is 37.1 Å². The summed E-state index contributed by atoms with van der Waals surface area (Å²) in [6.07, 6.45) is -3.98. The molecule has 0 bridgehead atoms. The Morgan fingerprint density at radius 3 is 2.37 bits per heavy atom. The molecule has 0 amide bonds. The van der Waals surface area contributed by atoms with Crippen LogP contribution in [-0.2, 0) is 12.8 Å². The zero-order valence-electron chi connectivity index (χ0n) is 10.8. The second-order valence-electron chi connectivity index (χ2n) is 3.96. The number of nitriles is 1. The number of nitrogens with zero attached hydrogens (tertiary/aromatic N) is 3. The summed E-state index contributed by atoms with van der Waals surface area (Å²) in [5.41, 5.74) is 1.74. The van der Waals surface area contributed by atoms with Crippen molar-refractivity contribution in [1.82, 2.24) is 10.2 Å². The smallest absolute Gasteiger partial charge is 0.367 e. The number of rotatable bonds is 5. The average Bonchev–Trinajstić information content (AvgIpc) is 2.36. The average molecular weight is 272 g/mol. The number of nitrogens with one attached hydrogen (secondary N) is 1. The molecule has 0 aliphatic rings. The van der Waals surface area contributed by atoms with Crippen LogP contribution in [0.25, 0.3) is 0 Å². The van der Waals surface area contributed by atoms with Crippen LogP contribution in [0.4, 0.5) is 19.0 Å². The molecule has 0 unspecified atom stereocenters. The van der Waals surface area contributed by atoms with Crippen LogP contribution in [-0.4, -0.2) is 22.9 Å². The molecule has 0 radical (unpaired) electrons. The van der Waals surface area contributed by atoms with Crippen LogP contribution in [0.2, 0.25) is 0 Å². The zero-order chi connectivity index (χ0) is 14.5. The van der Waals surface area contributed by atoms with Crippen molar-refractivity contribution in [2.45, 2.75) is 39.3 Å². The highest BCUT2D eigenvalue weighted by molar-refractivity contribution is 5.56. The molecule has 19 heavy (non-hydrogen) atoms. The summed E-state index contributed by atoms with van der Waals surface area (Å²) in [7, 11) is 0. The summed E-state index contributed by atoms with van der Waals surface area (Å²) < 4.78 is 36.2. The van der Waals surface area contributed by atoms with Crippen molar-refractivity contribution in [2.75, 3.05) is 11.9 Å². The van der Waals surface area contributed by atoms with Crippen LogP contribution in [0, 0.1) is 11.3 Å². The second-order valence-corrected chi connectivity index (χ2v) is 3.96. The van der Waals surface area contributed by atoms with Crippen molar-refractivity contribution >= 4 is 5.82 Å². The Bertz CT molecular complexity index is 477. The number of aromatic nitrogens is 2. The lowest BCUT2D eigenvalue weighted by molar-refractivity contribution is -0.131. The van der Waals surface area contributed by atoms with Crippen molar-refractivity contribution in [3.8, 4) is 6.07 Å². The number of aryl methyl sites for hydroxylation is 1. The van der Waals surface area contributed by atoms with Crippen LogP contribution < -0.4 is 5.32 Å². The Balaban J connectivity index is 2.93. The highest BCUT2D eigenvalue weighted by Gasteiger charge is 2.26. The van der Waals surface area contributed by atoms with Crippen LogP contribution >= 0.6 is 0 Å². The third kappa shape index (κ3) is 4.09. The van der Waals surface area contributed by atoms with E-state index in [4.69, 9.17) is 5.26 Å². The van der Waals surface area contributed by atoms with E-state index in [0.29, 0.717) is 18.5 Å². The first-order valence-corrected chi connectivity index (χ1v) is 6.02. The van der Waals surface area contributed by atoms with Gasteiger partial charge in [0.05, 0.1) is 12.1 Å². The predicted octanol–water partition coefficient (Wildman–Crippen LogP) is 2.84. The molecular weight excluding hydrogens is 257 g/mol. The first-order valence-electron chi connectivity index (χ1n) is 6.02. The Hall–Kier alpha value is -1.84. The van der Waals surface area contributed by atoms with Gasteiger partial charge in [-0.05, 0) is 18.4 Å². The zero-order valence-corrected chi connectivity index (χ0v) is 10.8. The maximum absolute atomic E-state index is 12.1. The lowest BCUT2D eigenvalue weighted by atomic mass is 10.0. The molecule has 1 N–H and O–H groups in total. The summed E-state index contributed by atoms with van der Waals surface area (Å²) in [5.74, 6) is 0.126. The number of hydrogen-bond acceptors (Lipinski definition) is 4. The topological polar surface area (TPSA) is 61.6 Å². The normalized spacial score (nSPS) is 11.2. The standard InChI is InChI=1S/C12H15F3N4/c1-3-8-9(7-16)11(19-18-10(8)4-2)17-6-5-12(13,14)15/h3-6H2,1-2H3,(H,17,19). The first-order chi connectivity index (χ1) is 8.92. The Kier molecular flexibility index (Phi) is 5.10. The van der Waals surface area contributed by atoms with E-state index in [9.17, 15) is 13.2 Å². The molecular formula is C12H15F3N4. The molecule has 0 spiro atoms. The second kappa shape index (κ2) is 6.36. The molecule has 0 atom stereocenters. The molecule has 1 aromatic rings. The van der Waals surface area contributed by atoms with Crippen LogP contribution in [0.15, 0.2) is 0 Å². The van der Waals surface area contributed by atoms with E-state index < -0.39 is 12.6 Å². The molecule has 0 fully saturated rings. The summed E-state index contributed by atoms with van der Waals surface area (Å²) >= 11 is 0. The van der Waals surface area contributed by atoms with Gasteiger partial charge in [0, 0.05) is 6.54 Å². The Morgan fingerprint density at radius 2 is 1.89 bits per heavy atom. The molecule has 0 aromatic carbocycles. The van der Waals surface area contributed by atoms with Gasteiger partial charge in [0.15, 0.2) is 5.82 Å². The van der Waals surface area contributed by atoms with Gasteiger partial charge in [0.2, 0.25) is 0 Å². The van der Waals surface area contributed by atoms with Crippen molar-refractivity contribution < 1.29 is 13.2 Å². The molecule has 104 valence electrons. The fourth-order valence-corrected chi connectivity index (χ4v) is 1.74. The lowest BCUT2D eigenvalue weighted by Gasteiger charge is -2.12. The summed E-state index contributed by atoms with van der Waals surface area (Å²) in [6, 6.07) is 1.99. The SMILES string of the molecule is CCc1nnc(NCCC(F)(F)F)c(C#N)c1CC. The highest BCUT2D eigenvalue weighted by atomic mass is 19.4. The highest BCUT2D eigenvalue weighted by Crippen LogP contribution is 2.22. The third-order valence-corrected chi connectivity index (χ3v) is 2.66. The molecule has 7 heteroatoms. The maximum Gasteiger partial charge on any atom is 0.390 e. The molecule has 1 heterocycles. The fourth-order valence-electron chi connectivity index (χ4n) is 1.74. The summed E-state index contributed by atoms with van der Waals surface area (Å²) in [5, 5.41) is 19.4. The minimum Gasteiger partial charge on any atom is -0.367 e. The fraction of sp³-hybridized carbons (Fsp3) is 0.583. The third-order valence-electron chi connectivity index (χ3n) is 2.66. The summed E-state index contributed by atoms with van der Waals surface area (Å²) in [6.45, 7) is 3.44. The minimum absolute atomic E-state index is 0.126. The molecule has 1 rings (SSSR count). The molecule has 0 aliphatic carbocycles. The van der Waals surface area contributed by atoms with Crippen molar-refractivity contribution in [3.63, 3.8) is 0 Å². The van der Waals surface area contributed by atoms with Crippen molar-refractivity contribution in [2.24, 2.45) is 0 Å². The van der Waals surface area contributed by atoms with Gasteiger partial charge < -0.3 is 5.32 Å². The quantitative estimate of drug-likeness (QED) is 0.895. The Labute approximate surface area is 109 Å². The molecule has 4 nitrogen and oxygen atoms in total. The molecule has 1 aromatic heterocycles. The van der Waals surface area contributed by atoms with E-state index in [1.54, 1.807) is 0 Å². The molecule has 0 saturated carbocycles. The van der Waals surface area contributed by atoms with Gasteiger partial charge >= 0.3 is 6.18 Å². The lowest BCUT2D eigenvalue weighted by Crippen LogP contribution is -2.17. The van der Waals surface area contributed by atoms with Crippen LogP contribution in [0.3, 0.4) is 0 Å². The van der Waals surface area contributed by atoms with E-state index in [1.165, 1.54) is 0 Å². The van der Waals surface area contributed by atoms with E-state index in [2.05, 4.69) is 15.5 Å². The van der Waals surface area contributed by atoms with Crippen LogP contribution in [0.5, 0.6) is 0 Å². The number of alkyl halides is 3. The first kappa shape index (κ1) is 15.2. The van der Waals surface area contributed by atoms with E-state index >= 15 is 0 Å². The van der Waals surface area contributed by atoms with Gasteiger partial charge in [-0.3, -0.25) is 0 Å². The largest absolute Gasteiger partial charge is 0.390 e. The van der Waals surface area contributed by atoms with Gasteiger partial charge in [-0.25, -0.2) is 0 Å². The minimum atomic E-state index is -4.23. The van der Waals surface area contributed by atoms with Crippen molar-refractivity contribution in [1.29, 1.82) is 5.26 Å². The van der Waals surface area contributed by atoms with Gasteiger partial charge in [0.1, 0.15) is 11.6 Å². The van der Waals surface area contributed by atoms with Gasteiger partial charge in [0.25, 0.3) is 0 Å². The summed E-state index contributed by atoms with van der Waals surface area (Å²) in [4.78, 5) is 0. The van der Waals surface area contributed by atoms with E-state index in [1.807, 2.05) is 19.9 Å². The van der Waals surface area contributed by atoms with E-state index in [0.717, 1.165) is 5.56 Å².